The fourth-order valence-electron chi connectivity index (χ4n) is 2.11. The van der Waals surface area contributed by atoms with Gasteiger partial charge in [0.15, 0.2) is 0 Å². The first-order valence-corrected chi connectivity index (χ1v) is 9.37. The zero-order valence-corrected chi connectivity index (χ0v) is 14.9. The van der Waals surface area contributed by atoms with Crippen LogP contribution < -0.4 is 5.32 Å². The Morgan fingerprint density at radius 2 is 1.74 bits per heavy atom. The van der Waals surface area contributed by atoms with E-state index in [1.807, 2.05) is 6.92 Å². The number of ether oxygens (including phenoxy) is 1. The second kappa shape index (κ2) is 9.64. The zero-order chi connectivity index (χ0) is 17.3. The number of sulfonamides is 1. The maximum absolute atomic E-state index is 12.4. The lowest BCUT2D eigenvalue weighted by Crippen LogP contribution is -2.30. The normalized spacial score (nSPS) is 11.7. The van der Waals surface area contributed by atoms with E-state index in [4.69, 9.17) is 4.74 Å². The van der Waals surface area contributed by atoms with Gasteiger partial charge >= 0.3 is 0 Å². The van der Waals surface area contributed by atoms with Crippen LogP contribution in [0.2, 0.25) is 0 Å². The van der Waals surface area contributed by atoms with Gasteiger partial charge in [-0.2, -0.15) is 4.31 Å². The van der Waals surface area contributed by atoms with E-state index in [0.29, 0.717) is 38.4 Å². The van der Waals surface area contributed by atoms with Gasteiger partial charge in [0.2, 0.25) is 10.0 Å². The van der Waals surface area contributed by atoms with Crippen molar-refractivity contribution in [1.82, 2.24) is 9.62 Å². The van der Waals surface area contributed by atoms with Gasteiger partial charge in [-0.05, 0) is 37.6 Å². The van der Waals surface area contributed by atoms with Gasteiger partial charge in [0, 0.05) is 38.4 Å². The van der Waals surface area contributed by atoms with Crippen LogP contribution in [0, 0.1) is 0 Å². The number of carbonyl (C=O) groups excluding carboxylic acids is 1. The maximum Gasteiger partial charge on any atom is 0.251 e. The average molecular weight is 342 g/mol. The summed E-state index contributed by atoms with van der Waals surface area (Å²) in [6, 6.07) is 6.02. The van der Waals surface area contributed by atoms with Gasteiger partial charge in [0.1, 0.15) is 0 Å². The monoisotopic (exact) mass is 342 g/mol. The van der Waals surface area contributed by atoms with Gasteiger partial charge in [-0.1, -0.05) is 13.8 Å². The molecule has 0 heterocycles. The Bertz CT molecular complexity index is 581. The van der Waals surface area contributed by atoms with Crippen LogP contribution in [-0.2, 0) is 14.8 Å². The Balaban J connectivity index is 2.67. The molecule has 0 aliphatic rings. The minimum Gasteiger partial charge on any atom is -0.382 e. The molecule has 0 unspecified atom stereocenters. The molecule has 0 radical (unpaired) electrons. The number of hydrogen-bond acceptors (Lipinski definition) is 4. The highest BCUT2D eigenvalue weighted by Crippen LogP contribution is 2.16. The van der Waals surface area contributed by atoms with E-state index in [0.717, 1.165) is 6.42 Å². The van der Waals surface area contributed by atoms with E-state index in [1.165, 1.54) is 28.6 Å². The molecule has 1 amide bonds. The van der Waals surface area contributed by atoms with Crippen LogP contribution in [0.1, 0.15) is 37.6 Å². The van der Waals surface area contributed by atoms with Crippen LogP contribution >= 0.6 is 0 Å². The lowest BCUT2D eigenvalue weighted by molar-refractivity contribution is 0.0944. The van der Waals surface area contributed by atoms with Gasteiger partial charge in [0.25, 0.3) is 5.91 Å². The molecule has 0 spiro atoms. The topological polar surface area (TPSA) is 75.7 Å². The third kappa shape index (κ3) is 5.60. The standard InChI is InChI=1S/C16H26N2O4S/c1-4-18(5-2)23(20,21)15-10-8-14(9-11-15)16(19)17-12-7-13-22-6-3/h8-11H,4-7,12-13H2,1-3H3,(H,17,19). The van der Waals surface area contributed by atoms with Gasteiger partial charge < -0.3 is 10.1 Å². The predicted octanol–water partition coefficient (Wildman–Crippen LogP) is 1.87. The molecule has 0 atom stereocenters. The molecule has 0 saturated heterocycles. The van der Waals surface area contributed by atoms with Crippen molar-refractivity contribution in [3.05, 3.63) is 29.8 Å². The van der Waals surface area contributed by atoms with Crippen LogP contribution in [-0.4, -0.2) is 51.5 Å². The molecule has 23 heavy (non-hydrogen) atoms. The van der Waals surface area contributed by atoms with Crippen molar-refractivity contribution in [1.29, 1.82) is 0 Å². The fraction of sp³-hybridized carbons (Fsp3) is 0.562. The third-order valence-electron chi connectivity index (χ3n) is 3.41. The first kappa shape index (κ1) is 19.6. The van der Waals surface area contributed by atoms with E-state index in [9.17, 15) is 13.2 Å². The van der Waals surface area contributed by atoms with Crippen LogP contribution in [0.4, 0.5) is 0 Å². The SMILES string of the molecule is CCOCCCNC(=O)c1ccc(S(=O)(=O)N(CC)CC)cc1. The summed E-state index contributed by atoms with van der Waals surface area (Å²) in [5.74, 6) is -0.215. The second-order valence-corrected chi connectivity index (χ2v) is 6.86. The molecule has 0 aromatic heterocycles. The molecule has 1 rings (SSSR count). The van der Waals surface area contributed by atoms with Gasteiger partial charge in [-0.15, -0.1) is 0 Å². The number of benzene rings is 1. The number of carbonyl (C=O) groups is 1. The molecule has 6 nitrogen and oxygen atoms in total. The summed E-state index contributed by atoms with van der Waals surface area (Å²) in [7, 11) is -3.49. The largest absolute Gasteiger partial charge is 0.382 e. The summed E-state index contributed by atoms with van der Waals surface area (Å²) in [6.45, 7) is 8.15. The summed E-state index contributed by atoms with van der Waals surface area (Å²) in [5, 5.41) is 2.78. The third-order valence-corrected chi connectivity index (χ3v) is 5.48. The van der Waals surface area contributed by atoms with E-state index >= 15 is 0 Å². The lowest BCUT2D eigenvalue weighted by atomic mass is 10.2. The molecule has 0 fully saturated rings. The smallest absolute Gasteiger partial charge is 0.251 e. The highest BCUT2D eigenvalue weighted by Gasteiger charge is 2.21. The Hall–Kier alpha value is -1.44. The maximum atomic E-state index is 12.4. The quantitative estimate of drug-likeness (QED) is 0.659. The number of rotatable bonds is 10. The van der Waals surface area contributed by atoms with Crippen LogP contribution in [0.25, 0.3) is 0 Å². The summed E-state index contributed by atoms with van der Waals surface area (Å²) < 4.78 is 31.3. The number of nitrogens with one attached hydrogen (secondary N) is 1. The molecule has 0 aliphatic carbocycles. The molecule has 0 saturated carbocycles. The molecule has 1 aromatic carbocycles. The summed E-state index contributed by atoms with van der Waals surface area (Å²) in [4.78, 5) is 12.2. The van der Waals surface area contributed by atoms with Gasteiger partial charge in [-0.25, -0.2) is 8.42 Å². The van der Waals surface area contributed by atoms with Crippen LogP contribution in [0.3, 0.4) is 0 Å². The Labute approximate surface area is 138 Å². The van der Waals surface area contributed by atoms with Crippen molar-refractivity contribution in [2.24, 2.45) is 0 Å². The van der Waals surface area contributed by atoms with Crippen molar-refractivity contribution in [2.45, 2.75) is 32.1 Å². The molecular formula is C16H26N2O4S. The average Bonchev–Trinajstić information content (AvgIpc) is 2.55. The Morgan fingerprint density at radius 1 is 1.13 bits per heavy atom. The molecule has 0 aliphatic heterocycles. The highest BCUT2D eigenvalue weighted by atomic mass is 32.2. The molecule has 130 valence electrons. The van der Waals surface area contributed by atoms with Gasteiger partial charge in [-0.3, -0.25) is 4.79 Å². The molecule has 0 bridgehead atoms. The summed E-state index contributed by atoms with van der Waals surface area (Å²) in [5.41, 5.74) is 0.444. The van der Waals surface area contributed by atoms with Gasteiger partial charge in [0.05, 0.1) is 4.90 Å². The van der Waals surface area contributed by atoms with Crippen molar-refractivity contribution in [2.75, 3.05) is 32.8 Å². The van der Waals surface area contributed by atoms with Crippen LogP contribution in [0.15, 0.2) is 29.2 Å². The van der Waals surface area contributed by atoms with Crippen LogP contribution in [0.5, 0.6) is 0 Å². The summed E-state index contributed by atoms with van der Waals surface area (Å²) >= 11 is 0. The molecule has 1 aromatic rings. The highest BCUT2D eigenvalue weighted by molar-refractivity contribution is 7.89. The number of nitrogens with zero attached hydrogens (tertiary/aromatic N) is 1. The predicted molar refractivity (Wildman–Crippen MR) is 90.0 cm³/mol. The molecule has 1 N–H and O–H groups in total. The summed E-state index contributed by atoms with van der Waals surface area (Å²) in [6.07, 6.45) is 0.744. The Kier molecular flexibility index (Phi) is 8.22. The van der Waals surface area contributed by atoms with Crippen molar-refractivity contribution in [3.8, 4) is 0 Å². The van der Waals surface area contributed by atoms with E-state index in [-0.39, 0.29) is 10.8 Å². The minimum atomic E-state index is -3.49. The van der Waals surface area contributed by atoms with Crippen molar-refractivity contribution in [3.63, 3.8) is 0 Å². The lowest BCUT2D eigenvalue weighted by Gasteiger charge is -2.18. The minimum absolute atomic E-state index is 0.203. The molecular weight excluding hydrogens is 316 g/mol. The van der Waals surface area contributed by atoms with Crippen molar-refractivity contribution < 1.29 is 17.9 Å². The van der Waals surface area contributed by atoms with E-state index in [2.05, 4.69) is 5.32 Å². The molecule has 7 heteroatoms. The zero-order valence-electron chi connectivity index (χ0n) is 14.0. The number of hydrogen-bond donors (Lipinski definition) is 1. The fourth-order valence-corrected chi connectivity index (χ4v) is 3.57. The first-order valence-electron chi connectivity index (χ1n) is 7.93. The Morgan fingerprint density at radius 3 is 2.26 bits per heavy atom. The van der Waals surface area contributed by atoms with E-state index < -0.39 is 10.0 Å². The number of amides is 1. The second-order valence-electron chi connectivity index (χ2n) is 4.92. The first-order chi connectivity index (χ1) is 11.0. The van der Waals surface area contributed by atoms with E-state index in [1.54, 1.807) is 13.8 Å². The van der Waals surface area contributed by atoms with Crippen molar-refractivity contribution >= 4 is 15.9 Å².